The molecule has 2 amide bonds. The number of unbranched alkanes of at least 4 members (excludes halogenated alkanes) is 8. The summed E-state index contributed by atoms with van der Waals surface area (Å²) in [6, 6.07) is 9.06. The average molecular weight is 375 g/mol. The summed E-state index contributed by atoms with van der Waals surface area (Å²) in [7, 11) is 0. The van der Waals surface area contributed by atoms with Crippen LogP contribution in [-0.4, -0.2) is 16.2 Å². The predicted molar refractivity (Wildman–Crippen MR) is 110 cm³/mol. The number of hydrogen-bond donors (Lipinski definition) is 2. The van der Waals surface area contributed by atoms with E-state index in [1.807, 2.05) is 30.3 Å². The van der Waals surface area contributed by atoms with Crippen LogP contribution in [0.5, 0.6) is 0 Å². The molecule has 0 bridgehead atoms. The van der Waals surface area contributed by atoms with Crippen molar-refractivity contribution >= 4 is 28.2 Å². The van der Waals surface area contributed by atoms with Gasteiger partial charge in [0.05, 0.1) is 0 Å². The summed E-state index contributed by atoms with van der Waals surface area (Å²) in [6.07, 6.45) is 12.8. The molecular weight excluding hydrogens is 344 g/mol. The van der Waals surface area contributed by atoms with Crippen molar-refractivity contribution in [3.63, 3.8) is 0 Å². The number of carbonyl (C=O) groups is 1. The second-order valence-electron chi connectivity index (χ2n) is 6.52. The molecular formula is C20H30N4OS. The van der Waals surface area contributed by atoms with E-state index in [1.54, 1.807) is 0 Å². The normalized spacial score (nSPS) is 10.7. The van der Waals surface area contributed by atoms with Crippen molar-refractivity contribution in [3.8, 4) is 0 Å². The number of aromatic nitrogens is 2. The maximum atomic E-state index is 11.9. The molecule has 5 nitrogen and oxygen atoms in total. The van der Waals surface area contributed by atoms with Crippen molar-refractivity contribution < 1.29 is 4.79 Å². The van der Waals surface area contributed by atoms with Crippen LogP contribution >= 0.6 is 11.3 Å². The van der Waals surface area contributed by atoms with Gasteiger partial charge in [0.1, 0.15) is 5.01 Å². The van der Waals surface area contributed by atoms with Crippen LogP contribution in [0, 0.1) is 0 Å². The van der Waals surface area contributed by atoms with Crippen molar-refractivity contribution in [1.29, 1.82) is 0 Å². The lowest BCUT2D eigenvalue weighted by molar-refractivity contribution is 0.262. The molecule has 0 unspecified atom stereocenters. The number of nitrogens with zero attached hydrogens (tertiary/aromatic N) is 2. The minimum absolute atomic E-state index is 0.290. The number of carbonyl (C=O) groups excluding carboxylic acids is 1. The summed E-state index contributed by atoms with van der Waals surface area (Å²) in [5, 5.41) is 15.3. The molecule has 1 aromatic heterocycles. The number of aryl methyl sites for hydroxylation is 1. The van der Waals surface area contributed by atoms with E-state index in [0.29, 0.717) is 5.13 Å². The number of anilines is 2. The third-order valence-corrected chi connectivity index (χ3v) is 5.11. The molecule has 0 fully saturated rings. The van der Waals surface area contributed by atoms with E-state index in [-0.39, 0.29) is 6.03 Å². The molecule has 0 atom stereocenters. The molecule has 2 rings (SSSR count). The largest absolute Gasteiger partial charge is 0.325 e. The van der Waals surface area contributed by atoms with E-state index in [9.17, 15) is 4.79 Å². The first-order valence-corrected chi connectivity index (χ1v) is 10.5. The Morgan fingerprint density at radius 3 is 2.23 bits per heavy atom. The van der Waals surface area contributed by atoms with Gasteiger partial charge in [0.25, 0.3) is 0 Å². The van der Waals surface area contributed by atoms with Gasteiger partial charge in [-0.1, -0.05) is 87.8 Å². The zero-order valence-corrected chi connectivity index (χ0v) is 16.5. The highest BCUT2D eigenvalue weighted by Crippen LogP contribution is 2.18. The molecule has 0 saturated carbocycles. The van der Waals surface area contributed by atoms with Crippen LogP contribution < -0.4 is 10.6 Å². The van der Waals surface area contributed by atoms with Gasteiger partial charge in [-0.05, 0) is 18.6 Å². The van der Waals surface area contributed by atoms with Gasteiger partial charge in [0.2, 0.25) is 5.13 Å². The minimum atomic E-state index is -0.290. The van der Waals surface area contributed by atoms with Gasteiger partial charge in [0.15, 0.2) is 0 Å². The first-order chi connectivity index (χ1) is 12.8. The summed E-state index contributed by atoms with van der Waals surface area (Å²) in [4.78, 5) is 11.9. The Labute approximate surface area is 160 Å². The van der Waals surface area contributed by atoms with E-state index >= 15 is 0 Å². The van der Waals surface area contributed by atoms with Gasteiger partial charge in [-0.2, -0.15) is 0 Å². The first-order valence-electron chi connectivity index (χ1n) is 9.73. The van der Waals surface area contributed by atoms with Crippen LogP contribution in [0.3, 0.4) is 0 Å². The SMILES string of the molecule is CCCCCCCCCCCc1nnc(NC(=O)Nc2ccccc2)s1. The van der Waals surface area contributed by atoms with E-state index in [1.165, 1.54) is 62.7 Å². The number of para-hydroxylation sites is 1. The molecule has 0 aliphatic heterocycles. The van der Waals surface area contributed by atoms with Crippen molar-refractivity contribution in [2.24, 2.45) is 0 Å². The number of amides is 2. The fourth-order valence-electron chi connectivity index (χ4n) is 2.77. The number of rotatable bonds is 12. The topological polar surface area (TPSA) is 66.9 Å². The van der Waals surface area contributed by atoms with Crippen molar-refractivity contribution in [2.45, 2.75) is 71.1 Å². The lowest BCUT2D eigenvalue weighted by Crippen LogP contribution is -2.19. The average Bonchev–Trinajstić information content (AvgIpc) is 3.08. The van der Waals surface area contributed by atoms with E-state index in [0.717, 1.165) is 23.5 Å². The van der Waals surface area contributed by atoms with Gasteiger partial charge >= 0.3 is 6.03 Å². The second-order valence-corrected chi connectivity index (χ2v) is 7.59. The molecule has 6 heteroatoms. The highest BCUT2D eigenvalue weighted by molar-refractivity contribution is 7.15. The van der Waals surface area contributed by atoms with Gasteiger partial charge in [-0.3, -0.25) is 5.32 Å². The maximum Gasteiger partial charge on any atom is 0.325 e. The van der Waals surface area contributed by atoms with Gasteiger partial charge in [-0.25, -0.2) is 4.79 Å². The number of nitrogens with one attached hydrogen (secondary N) is 2. The molecule has 0 aliphatic rings. The quantitative estimate of drug-likeness (QED) is 0.431. The smallest absolute Gasteiger partial charge is 0.308 e. The highest BCUT2D eigenvalue weighted by atomic mass is 32.1. The summed E-state index contributed by atoms with van der Waals surface area (Å²) in [5.74, 6) is 0. The van der Waals surface area contributed by atoms with Crippen LogP contribution in [0.25, 0.3) is 0 Å². The summed E-state index contributed by atoms with van der Waals surface area (Å²) in [5.41, 5.74) is 0.754. The maximum absolute atomic E-state index is 11.9. The molecule has 0 spiro atoms. The van der Waals surface area contributed by atoms with Crippen LogP contribution in [-0.2, 0) is 6.42 Å². The lowest BCUT2D eigenvalue weighted by atomic mass is 10.1. The molecule has 142 valence electrons. The van der Waals surface area contributed by atoms with Gasteiger partial charge in [-0.15, -0.1) is 10.2 Å². The third-order valence-electron chi connectivity index (χ3n) is 4.21. The molecule has 26 heavy (non-hydrogen) atoms. The van der Waals surface area contributed by atoms with Crippen LogP contribution in [0.15, 0.2) is 30.3 Å². The zero-order valence-electron chi connectivity index (χ0n) is 15.7. The Kier molecular flexibility index (Phi) is 9.72. The number of benzene rings is 1. The molecule has 2 N–H and O–H groups in total. The van der Waals surface area contributed by atoms with Gasteiger partial charge < -0.3 is 5.32 Å². The molecule has 0 saturated heterocycles. The highest BCUT2D eigenvalue weighted by Gasteiger charge is 2.08. The Bertz CT molecular complexity index is 630. The van der Waals surface area contributed by atoms with E-state index in [2.05, 4.69) is 27.8 Å². The van der Waals surface area contributed by atoms with Crippen molar-refractivity contribution in [3.05, 3.63) is 35.3 Å². The zero-order chi connectivity index (χ0) is 18.5. The lowest BCUT2D eigenvalue weighted by Gasteiger charge is -2.04. The predicted octanol–water partition coefficient (Wildman–Crippen LogP) is 6.26. The van der Waals surface area contributed by atoms with Crippen molar-refractivity contribution in [1.82, 2.24) is 10.2 Å². The standard InChI is InChI=1S/C20H30N4OS/c1-2-3-4-5-6-7-8-9-13-16-18-23-24-20(26-18)22-19(25)21-17-14-11-10-12-15-17/h10-12,14-15H,2-9,13,16H2,1H3,(H2,21,22,24,25). The fraction of sp³-hybridized carbons (Fsp3) is 0.550. The molecule has 1 heterocycles. The van der Waals surface area contributed by atoms with Crippen LogP contribution in [0.1, 0.15) is 69.7 Å². The second kappa shape index (κ2) is 12.4. The van der Waals surface area contributed by atoms with E-state index < -0.39 is 0 Å². The fourth-order valence-corrected chi connectivity index (χ4v) is 3.55. The van der Waals surface area contributed by atoms with Crippen LogP contribution in [0.2, 0.25) is 0 Å². The summed E-state index contributed by atoms with van der Waals surface area (Å²) < 4.78 is 0. The third kappa shape index (κ3) is 8.43. The summed E-state index contributed by atoms with van der Waals surface area (Å²) >= 11 is 1.45. The Balaban J connectivity index is 1.57. The van der Waals surface area contributed by atoms with Crippen LogP contribution in [0.4, 0.5) is 15.6 Å². The number of urea groups is 1. The van der Waals surface area contributed by atoms with Gasteiger partial charge in [0, 0.05) is 12.1 Å². The summed E-state index contributed by atoms with van der Waals surface area (Å²) in [6.45, 7) is 2.25. The Morgan fingerprint density at radius 1 is 0.885 bits per heavy atom. The molecule has 1 aromatic carbocycles. The Hall–Kier alpha value is -1.95. The van der Waals surface area contributed by atoms with E-state index in [4.69, 9.17) is 0 Å². The molecule has 0 aliphatic carbocycles. The Morgan fingerprint density at radius 2 is 1.54 bits per heavy atom. The van der Waals surface area contributed by atoms with Crippen molar-refractivity contribution in [2.75, 3.05) is 10.6 Å². The molecule has 2 aromatic rings. The minimum Gasteiger partial charge on any atom is -0.308 e. The monoisotopic (exact) mass is 374 g/mol. The first kappa shape index (κ1) is 20.4. The molecule has 0 radical (unpaired) electrons. The number of hydrogen-bond acceptors (Lipinski definition) is 4.